The molecule has 7 heteroatoms. The fourth-order valence-electron chi connectivity index (χ4n) is 3.17. The number of rotatable bonds is 3. The van der Waals surface area contributed by atoms with E-state index >= 15 is 0 Å². The van der Waals surface area contributed by atoms with Gasteiger partial charge in [-0.15, -0.1) is 0 Å². The van der Waals surface area contributed by atoms with Gasteiger partial charge in [-0.3, -0.25) is 14.9 Å². The number of Topliss-reactive ketones (excluding diaryl/α,β-unsaturated/α-hetero) is 1. The fourth-order valence-corrected chi connectivity index (χ4v) is 3.51. The number of carbonyl (C=O) groups is 1. The summed E-state index contributed by atoms with van der Waals surface area (Å²) in [7, 11) is 0. The van der Waals surface area contributed by atoms with Crippen molar-refractivity contribution in [3.63, 3.8) is 0 Å². The normalized spacial score (nSPS) is 20.2. The van der Waals surface area contributed by atoms with E-state index in [1.807, 2.05) is 24.3 Å². The fraction of sp³-hybridized carbons (Fsp3) is 0.118. The number of carbonyl (C=O) groups excluding carboxylic acids is 1. The van der Waals surface area contributed by atoms with Crippen LogP contribution >= 0.6 is 11.6 Å². The summed E-state index contributed by atoms with van der Waals surface area (Å²) in [5.41, 5.74) is 1.04. The minimum Gasteiger partial charge on any atom is -0.361 e. The summed E-state index contributed by atoms with van der Waals surface area (Å²) in [4.78, 5) is 28.0. The second-order valence-corrected chi connectivity index (χ2v) is 6.00. The van der Waals surface area contributed by atoms with Crippen LogP contribution in [-0.4, -0.2) is 21.2 Å². The molecule has 1 N–H and O–H groups in total. The van der Waals surface area contributed by atoms with Crippen molar-refractivity contribution in [2.75, 3.05) is 4.90 Å². The molecule has 1 saturated heterocycles. The number of halogens is 1. The molecule has 2 atom stereocenters. The van der Waals surface area contributed by atoms with E-state index in [0.29, 0.717) is 5.69 Å². The van der Waals surface area contributed by atoms with Crippen LogP contribution in [0.2, 0.25) is 0 Å². The first kappa shape index (κ1) is 14.7. The number of aromatic amines is 1. The zero-order valence-electron chi connectivity index (χ0n) is 12.3. The molecule has 2 aromatic carbocycles. The molecule has 120 valence electrons. The van der Waals surface area contributed by atoms with Crippen molar-refractivity contribution < 1.29 is 9.72 Å². The van der Waals surface area contributed by atoms with Gasteiger partial charge in [0, 0.05) is 28.7 Å². The van der Waals surface area contributed by atoms with Crippen molar-refractivity contribution in [2.24, 2.45) is 0 Å². The molecular weight excluding hydrogens is 330 g/mol. The van der Waals surface area contributed by atoms with Crippen LogP contribution in [0.1, 0.15) is 11.6 Å². The average molecular weight is 342 g/mol. The highest BCUT2D eigenvalue weighted by Gasteiger charge is 2.50. The maximum absolute atomic E-state index is 12.4. The predicted molar refractivity (Wildman–Crippen MR) is 91.3 cm³/mol. The number of anilines is 1. The second kappa shape index (κ2) is 5.35. The lowest BCUT2D eigenvalue weighted by atomic mass is 9.91. The Kier molecular flexibility index (Phi) is 3.28. The number of nitro groups is 1. The number of nitrogens with one attached hydrogen (secondary N) is 1. The molecule has 1 aliphatic heterocycles. The van der Waals surface area contributed by atoms with Gasteiger partial charge in [-0.2, -0.15) is 0 Å². The van der Waals surface area contributed by atoms with E-state index in [-0.39, 0.29) is 11.5 Å². The van der Waals surface area contributed by atoms with Crippen LogP contribution in [0.15, 0.2) is 54.7 Å². The van der Waals surface area contributed by atoms with Gasteiger partial charge in [0.15, 0.2) is 11.3 Å². The molecule has 0 aliphatic carbocycles. The third-order valence-corrected chi connectivity index (χ3v) is 4.72. The van der Waals surface area contributed by atoms with Crippen molar-refractivity contribution in [3.8, 4) is 0 Å². The van der Waals surface area contributed by atoms with Crippen LogP contribution in [-0.2, 0) is 4.79 Å². The number of alkyl halides is 1. The first-order valence-electron chi connectivity index (χ1n) is 7.35. The summed E-state index contributed by atoms with van der Waals surface area (Å²) < 4.78 is 0. The zero-order valence-corrected chi connectivity index (χ0v) is 13.1. The molecule has 0 amide bonds. The van der Waals surface area contributed by atoms with Gasteiger partial charge in [0.05, 0.1) is 4.92 Å². The number of para-hydroxylation sites is 3. The molecule has 0 radical (unpaired) electrons. The second-order valence-electron chi connectivity index (χ2n) is 5.58. The summed E-state index contributed by atoms with van der Waals surface area (Å²) in [5.74, 6) is -0.167. The monoisotopic (exact) mass is 341 g/mol. The Morgan fingerprint density at radius 2 is 1.83 bits per heavy atom. The summed E-state index contributed by atoms with van der Waals surface area (Å²) in [5, 5.41) is 12.2. The first-order valence-corrected chi connectivity index (χ1v) is 7.79. The third-order valence-electron chi connectivity index (χ3n) is 4.30. The van der Waals surface area contributed by atoms with E-state index in [4.69, 9.17) is 11.6 Å². The standard InChI is InChI=1S/C17H12ClN3O3/c18-17-16(22)15(11-9-19-12-6-2-1-5-10(11)12)20(17)13-7-3-4-8-14(13)21(23)24/h1-9,15,17,19H/t15-,17-/m1/s1. The summed E-state index contributed by atoms with van der Waals surface area (Å²) in [6.45, 7) is 0. The highest BCUT2D eigenvalue weighted by atomic mass is 35.5. The first-order chi connectivity index (χ1) is 11.6. The number of nitrogens with zero attached hydrogens (tertiary/aromatic N) is 2. The Hall–Kier alpha value is -2.86. The van der Waals surface area contributed by atoms with Gasteiger partial charge in [0.2, 0.25) is 0 Å². The van der Waals surface area contributed by atoms with Crippen molar-refractivity contribution >= 4 is 39.7 Å². The SMILES string of the molecule is O=C1[C@H](Cl)N(c2ccccc2[N+](=O)[O-])[C@@H]1c1c[nH]c2ccccc12. The van der Waals surface area contributed by atoms with Crippen LogP contribution in [0.25, 0.3) is 10.9 Å². The number of ketones is 1. The largest absolute Gasteiger partial charge is 0.361 e. The lowest BCUT2D eigenvalue weighted by molar-refractivity contribution is -0.384. The molecular formula is C17H12ClN3O3. The van der Waals surface area contributed by atoms with Gasteiger partial charge >= 0.3 is 0 Å². The lowest BCUT2D eigenvalue weighted by Gasteiger charge is -2.44. The summed E-state index contributed by atoms with van der Waals surface area (Å²) in [6.07, 6.45) is 1.76. The van der Waals surface area contributed by atoms with E-state index in [9.17, 15) is 14.9 Å². The summed E-state index contributed by atoms with van der Waals surface area (Å²) >= 11 is 6.18. The zero-order chi connectivity index (χ0) is 16.8. The maximum Gasteiger partial charge on any atom is 0.292 e. The Balaban J connectivity index is 1.84. The lowest BCUT2D eigenvalue weighted by Crippen LogP contribution is -2.56. The van der Waals surface area contributed by atoms with Gasteiger partial charge in [-0.1, -0.05) is 41.9 Å². The van der Waals surface area contributed by atoms with Gasteiger partial charge in [0.25, 0.3) is 5.69 Å². The number of H-pyrrole nitrogens is 1. The van der Waals surface area contributed by atoms with E-state index in [2.05, 4.69) is 4.98 Å². The Morgan fingerprint density at radius 3 is 2.62 bits per heavy atom. The molecule has 0 bridgehead atoms. The minimum absolute atomic E-state index is 0.0690. The van der Waals surface area contributed by atoms with Gasteiger partial charge in [0.1, 0.15) is 11.7 Å². The number of fused-ring (bicyclic) bond motifs is 1. The van der Waals surface area contributed by atoms with Crippen molar-refractivity contribution in [1.29, 1.82) is 0 Å². The molecule has 2 heterocycles. The Bertz CT molecular complexity index is 968. The van der Waals surface area contributed by atoms with E-state index in [1.54, 1.807) is 29.3 Å². The van der Waals surface area contributed by atoms with Gasteiger partial charge in [-0.25, -0.2) is 0 Å². The highest BCUT2D eigenvalue weighted by molar-refractivity contribution is 6.37. The molecule has 0 spiro atoms. The Morgan fingerprint density at radius 1 is 1.12 bits per heavy atom. The van der Waals surface area contributed by atoms with Crippen molar-refractivity contribution in [3.05, 3.63) is 70.4 Å². The highest BCUT2D eigenvalue weighted by Crippen LogP contribution is 2.46. The molecule has 4 rings (SSSR count). The molecule has 1 aromatic heterocycles. The number of hydrogen-bond acceptors (Lipinski definition) is 4. The van der Waals surface area contributed by atoms with Crippen LogP contribution in [0.3, 0.4) is 0 Å². The predicted octanol–water partition coefficient (Wildman–Crippen LogP) is 3.77. The third kappa shape index (κ3) is 2.00. The molecule has 0 unspecified atom stereocenters. The quantitative estimate of drug-likeness (QED) is 0.340. The average Bonchev–Trinajstić information content (AvgIpc) is 3.02. The van der Waals surface area contributed by atoms with Crippen molar-refractivity contribution in [2.45, 2.75) is 11.5 Å². The molecule has 1 aliphatic rings. The van der Waals surface area contributed by atoms with Crippen LogP contribution in [0.5, 0.6) is 0 Å². The van der Waals surface area contributed by atoms with Gasteiger partial charge in [-0.05, 0) is 12.1 Å². The topological polar surface area (TPSA) is 79.2 Å². The minimum atomic E-state index is -0.912. The Labute approximate surface area is 141 Å². The van der Waals surface area contributed by atoms with Crippen LogP contribution < -0.4 is 4.90 Å². The molecule has 1 fully saturated rings. The van der Waals surface area contributed by atoms with Crippen LogP contribution in [0.4, 0.5) is 11.4 Å². The van der Waals surface area contributed by atoms with E-state index in [1.165, 1.54) is 6.07 Å². The van der Waals surface area contributed by atoms with Crippen molar-refractivity contribution in [1.82, 2.24) is 4.98 Å². The molecule has 3 aromatic rings. The van der Waals surface area contributed by atoms with E-state index < -0.39 is 16.5 Å². The number of nitro benzene ring substituents is 1. The molecule has 0 saturated carbocycles. The van der Waals surface area contributed by atoms with E-state index in [0.717, 1.165) is 16.5 Å². The van der Waals surface area contributed by atoms with Crippen LogP contribution in [0, 0.1) is 10.1 Å². The number of benzene rings is 2. The smallest absolute Gasteiger partial charge is 0.292 e. The maximum atomic E-state index is 12.4. The number of aromatic nitrogens is 1. The number of hydrogen-bond donors (Lipinski definition) is 1. The molecule has 24 heavy (non-hydrogen) atoms. The molecule has 6 nitrogen and oxygen atoms in total. The van der Waals surface area contributed by atoms with Gasteiger partial charge < -0.3 is 9.88 Å². The summed E-state index contributed by atoms with van der Waals surface area (Å²) in [6, 6.07) is 13.3.